The highest BCUT2D eigenvalue weighted by molar-refractivity contribution is 5.95. The predicted octanol–water partition coefficient (Wildman–Crippen LogP) is 2.89. The number of ether oxygens (including phenoxy) is 1. The zero-order valence-electron chi connectivity index (χ0n) is 14.8. The molecule has 0 aliphatic carbocycles. The Labute approximate surface area is 147 Å². The normalized spacial score (nSPS) is 10.4. The molecule has 7 nitrogen and oxygen atoms in total. The quantitative estimate of drug-likeness (QED) is 0.756. The predicted molar refractivity (Wildman–Crippen MR) is 95.7 cm³/mol. The van der Waals surface area contributed by atoms with Gasteiger partial charge in [0.05, 0.1) is 12.3 Å². The number of amides is 2. The van der Waals surface area contributed by atoms with Gasteiger partial charge in [-0.3, -0.25) is 14.8 Å². The van der Waals surface area contributed by atoms with Gasteiger partial charge < -0.3 is 10.1 Å². The number of aryl methyl sites for hydroxylation is 3. The van der Waals surface area contributed by atoms with Gasteiger partial charge in [-0.05, 0) is 57.5 Å². The number of carbonyl (C=O) groups is 2. The Morgan fingerprint density at radius 2 is 1.92 bits per heavy atom. The first-order chi connectivity index (χ1) is 12.0. The van der Waals surface area contributed by atoms with Crippen molar-refractivity contribution in [3.05, 3.63) is 47.3 Å². The van der Waals surface area contributed by atoms with Gasteiger partial charge >= 0.3 is 6.09 Å². The molecule has 1 aromatic heterocycles. The Hall–Kier alpha value is -2.83. The number of rotatable bonds is 7. The molecule has 0 aliphatic heterocycles. The molecule has 1 aromatic carbocycles. The molecule has 0 bridgehead atoms. The van der Waals surface area contributed by atoms with Crippen LogP contribution in [0.1, 0.15) is 35.1 Å². The van der Waals surface area contributed by atoms with Crippen LogP contribution in [-0.4, -0.2) is 34.9 Å². The summed E-state index contributed by atoms with van der Waals surface area (Å²) in [4.78, 5) is 23.4. The summed E-state index contributed by atoms with van der Waals surface area (Å²) in [5, 5.41) is 9.86. The van der Waals surface area contributed by atoms with Gasteiger partial charge in [0.25, 0.3) is 5.91 Å². The molecule has 0 saturated heterocycles. The lowest BCUT2D eigenvalue weighted by atomic mass is 10.2. The highest BCUT2D eigenvalue weighted by Gasteiger charge is 2.07. The van der Waals surface area contributed by atoms with Crippen molar-refractivity contribution in [1.29, 1.82) is 0 Å². The maximum Gasteiger partial charge on any atom is 0.411 e. The zero-order valence-corrected chi connectivity index (χ0v) is 14.8. The molecule has 0 unspecified atom stereocenters. The average Bonchev–Trinajstić information content (AvgIpc) is 2.90. The fraction of sp³-hybridized carbons (Fsp3) is 0.389. The van der Waals surface area contributed by atoms with Crippen LogP contribution in [0, 0.1) is 13.8 Å². The number of nitrogens with one attached hydrogen (secondary N) is 2. The summed E-state index contributed by atoms with van der Waals surface area (Å²) in [6.45, 7) is 7.37. The van der Waals surface area contributed by atoms with Crippen LogP contribution >= 0.6 is 0 Å². The lowest BCUT2D eigenvalue weighted by molar-refractivity contribution is 0.0952. The minimum atomic E-state index is -0.510. The Morgan fingerprint density at radius 3 is 2.52 bits per heavy atom. The smallest absolute Gasteiger partial charge is 0.411 e. The summed E-state index contributed by atoms with van der Waals surface area (Å²) < 4.78 is 6.74. The second-order valence-electron chi connectivity index (χ2n) is 5.68. The van der Waals surface area contributed by atoms with Gasteiger partial charge in [-0.1, -0.05) is 0 Å². The van der Waals surface area contributed by atoms with Gasteiger partial charge in [0.15, 0.2) is 0 Å². The molecule has 0 spiro atoms. The molecule has 0 radical (unpaired) electrons. The molecule has 2 N–H and O–H groups in total. The van der Waals surface area contributed by atoms with Gasteiger partial charge in [-0.15, -0.1) is 0 Å². The van der Waals surface area contributed by atoms with Crippen molar-refractivity contribution < 1.29 is 14.3 Å². The Kier molecular flexibility index (Phi) is 6.56. The molecular formula is C18H24N4O3. The molecule has 134 valence electrons. The van der Waals surface area contributed by atoms with Crippen LogP contribution in [-0.2, 0) is 11.3 Å². The maximum atomic E-state index is 12.1. The topological polar surface area (TPSA) is 85.2 Å². The number of anilines is 1. The van der Waals surface area contributed by atoms with E-state index in [2.05, 4.69) is 15.7 Å². The van der Waals surface area contributed by atoms with E-state index in [0.29, 0.717) is 24.4 Å². The first kappa shape index (κ1) is 18.5. The van der Waals surface area contributed by atoms with Crippen LogP contribution < -0.4 is 10.6 Å². The molecule has 1 heterocycles. The Balaban J connectivity index is 1.76. The van der Waals surface area contributed by atoms with E-state index in [0.717, 1.165) is 24.4 Å². The maximum absolute atomic E-state index is 12.1. The van der Waals surface area contributed by atoms with Crippen LogP contribution in [0.2, 0.25) is 0 Å². The van der Waals surface area contributed by atoms with Gasteiger partial charge in [-0.25, -0.2) is 4.79 Å². The molecule has 0 atom stereocenters. The molecule has 0 aliphatic rings. The standard InChI is InChI=1S/C18H24N4O3/c1-4-25-18(24)20-16-8-6-15(7-9-16)17(23)19-10-5-11-22-14(3)12-13(2)21-22/h6-9,12H,4-5,10-11H2,1-3H3,(H,19,23)(H,20,24). The van der Waals surface area contributed by atoms with Crippen molar-refractivity contribution in [3.63, 3.8) is 0 Å². The summed E-state index contributed by atoms with van der Waals surface area (Å²) in [6, 6.07) is 8.70. The van der Waals surface area contributed by atoms with Gasteiger partial charge in [0.1, 0.15) is 0 Å². The number of hydrogen-bond acceptors (Lipinski definition) is 4. The molecule has 0 saturated carbocycles. The first-order valence-electron chi connectivity index (χ1n) is 8.32. The van der Waals surface area contributed by atoms with Crippen LogP contribution in [0.5, 0.6) is 0 Å². The summed E-state index contributed by atoms with van der Waals surface area (Å²) in [5.74, 6) is -0.143. The summed E-state index contributed by atoms with van der Waals surface area (Å²) in [5.41, 5.74) is 3.24. The summed E-state index contributed by atoms with van der Waals surface area (Å²) in [6.07, 6.45) is 0.291. The van der Waals surface area contributed by atoms with Crippen LogP contribution in [0.15, 0.2) is 30.3 Å². The van der Waals surface area contributed by atoms with Crippen molar-refractivity contribution in [1.82, 2.24) is 15.1 Å². The number of benzene rings is 1. The second kappa shape index (κ2) is 8.86. The summed E-state index contributed by atoms with van der Waals surface area (Å²) >= 11 is 0. The third-order valence-corrected chi connectivity index (χ3v) is 3.60. The third kappa shape index (κ3) is 5.63. The fourth-order valence-corrected chi connectivity index (χ4v) is 2.42. The van der Waals surface area contributed by atoms with Gasteiger partial charge in [0, 0.05) is 30.0 Å². The van der Waals surface area contributed by atoms with Crippen LogP contribution in [0.25, 0.3) is 0 Å². The Bertz CT molecular complexity index is 722. The third-order valence-electron chi connectivity index (χ3n) is 3.60. The highest BCUT2D eigenvalue weighted by atomic mass is 16.5. The fourth-order valence-electron chi connectivity index (χ4n) is 2.42. The average molecular weight is 344 g/mol. The van der Waals surface area contributed by atoms with Crippen molar-refractivity contribution >= 4 is 17.7 Å². The molecule has 7 heteroatoms. The van der Waals surface area contributed by atoms with Crippen molar-refractivity contribution in [2.45, 2.75) is 33.7 Å². The van der Waals surface area contributed by atoms with E-state index in [9.17, 15) is 9.59 Å². The van der Waals surface area contributed by atoms with Crippen LogP contribution in [0.4, 0.5) is 10.5 Å². The van der Waals surface area contributed by atoms with Crippen molar-refractivity contribution in [2.75, 3.05) is 18.5 Å². The van der Waals surface area contributed by atoms with E-state index < -0.39 is 6.09 Å². The number of nitrogens with zero attached hydrogens (tertiary/aromatic N) is 2. The summed E-state index contributed by atoms with van der Waals surface area (Å²) in [7, 11) is 0. The van der Waals surface area contributed by atoms with E-state index >= 15 is 0 Å². The van der Waals surface area contributed by atoms with E-state index in [-0.39, 0.29) is 5.91 Å². The zero-order chi connectivity index (χ0) is 18.2. The monoisotopic (exact) mass is 344 g/mol. The number of hydrogen-bond donors (Lipinski definition) is 2. The molecular weight excluding hydrogens is 320 g/mol. The number of carbonyl (C=O) groups excluding carboxylic acids is 2. The lowest BCUT2D eigenvalue weighted by Crippen LogP contribution is -2.25. The molecule has 2 aromatic rings. The minimum Gasteiger partial charge on any atom is -0.450 e. The van der Waals surface area contributed by atoms with Crippen molar-refractivity contribution in [3.8, 4) is 0 Å². The molecule has 25 heavy (non-hydrogen) atoms. The van der Waals surface area contributed by atoms with Gasteiger partial charge in [-0.2, -0.15) is 5.10 Å². The number of aromatic nitrogens is 2. The molecule has 2 rings (SSSR count). The first-order valence-corrected chi connectivity index (χ1v) is 8.32. The van der Waals surface area contributed by atoms with E-state index in [1.165, 1.54) is 0 Å². The van der Waals surface area contributed by atoms with E-state index in [4.69, 9.17) is 4.74 Å². The van der Waals surface area contributed by atoms with E-state index in [1.54, 1.807) is 31.2 Å². The SMILES string of the molecule is CCOC(=O)Nc1ccc(C(=O)NCCCn2nc(C)cc2C)cc1. The Morgan fingerprint density at radius 1 is 1.20 bits per heavy atom. The largest absolute Gasteiger partial charge is 0.450 e. The molecule has 0 fully saturated rings. The van der Waals surface area contributed by atoms with E-state index in [1.807, 2.05) is 24.6 Å². The van der Waals surface area contributed by atoms with Gasteiger partial charge in [0.2, 0.25) is 0 Å². The molecule has 2 amide bonds. The highest BCUT2D eigenvalue weighted by Crippen LogP contribution is 2.10. The minimum absolute atomic E-state index is 0.143. The second-order valence-corrected chi connectivity index (χ2v) is 5.68. The lowest BCUT2D eigenvalue weighted by Gasteiger charge is -2.08. The van der Waals surface area contributed by atoms with Crippen molar-refractivity contribution in [2.24, 2.45) is 0 Å². The van der Waals surface area contributed by atoms with Crippen LogP contribution in [0.3, 0.4) is 0 Å².